The Hall–Kier alpha value is -1.17. The average molecular weight is 242 g/mol. The first-order chi connectivity index (χ1) is 7.13. The van der Waals surface area contributed by atoms with E-state index in [9.17, 15) is 4.79 Å². The van der Waals surface area contributed by atoms with E-state index in [2.05, 4.69) is 11.2 Å². The molecule has 0 fully saturated rings. The molecule has 0 radical (unpaired) electrons. The molecule has 4 heteroatoms. The van der Waals surface area contributed by atoms with E-state index in [4.69, 9.17) is 29.6 Å². The molecule has 15 heavy (non-hydrogen) atoms. The molecule has 2 nitrogen and oxygen atoms in total. The summed E-state index contributed by atoms with van der Waals surface area (Å²) in [5.41, 5.74) is 0.435. The number of amides is 1. The summed E-state index contributed by atoms with van der Waals surface area (Å²) < 4.78 is 0. The summed E-state index contributed by atoms with van der Waals surface area (Å²) in [5, 5.41) is 3.53. The highest BCUT2D eigenvalue weighted by atomic mass is 35.5. The van der Waals surface area contributed by atoms with E-state index < -0.39 is 0 Å². The van der Waals surface area contributed by atoms with E-state index in [0.29, 0.717) is 28.6 Å². The van der Waals surface area contributed by atoms with Gasteiger partial charge < -0.3 is 5.32 Å². The van der Waals surface area contributed by atoms with Crippen molar-refractivity contribution in [2.75, 3.05) is 6.54 Å². The molecule has 0 unspecified atom stereocenters. The summed E-state index contributed by atoms with van der Waals surface area (Å²) in [6.45, 7) is 0.444. The van der Waals surface area contributed by atoms with Crippen molar-refractivity contribution in [3.63, 3.8) is 0 Å². The summed E-state index contributed by atoms with van der Waals surface area (Å²) in [6.07, 6.45) is 5.56. The first-order valence-corrected chi connectivity index (χ1v) is 5.07. The van der Waals surface area contributed by atoms with Gasteiger partial charge in [0.1, 0.15) is 0 Å². The zero-order valence-corrected chi connectivity index (χ0v) is 9.40. The van der Waals surface area contributed by atoms with Gasteiger partial charge in [0.25, 0.3) is 5.91 Å². The van der Waals surface area contributed by atoms with Crippen molar-refractivity contribution in [2.45, 2.75) is 6.42 Å². The number of carbonyl (C=O) groups excluding carboxylic acids is 1. The standard InChI is InChI=1S/C11H9Cl2NO/c1-2-3-4-14-11(15)8-5-9(12)7-10(13)6-8/h1,5-7H,3-4H2,(H,14,15). The Kier molecular flexibility index (Phi) is 4.48. The molecule has 0 aromatic heterocycles. The van der Waals surface area contributed by atoms with Gasteiger partial charge in [-0.1, -0.05) is 23.2 Å². The van der Waals surface area contributed by atoms with Crippen LogP contribution in [-0.2, 0) is 0 Å². The molecule has 0 atom stereocenters. The molecule has 78 valence electrons. The zero-order chi connectivity index (χ0) is 11.3. The van der Waals surface area contributed by atoms with Crippen molar-refractivity contribution in [3.05, 3.63) is 33.8 Å². The number of benzene rings is 1. The number of halogens is 2. The minimum Gasteiger partial charge on any atom is -0.351 e. The molecule has 0 saturated heterocycles. The minimum atomic E-state index is -0.227. The maximum Gasteiger partial charge on any atom is 0.251 e. The summed E-state index contributed by atoms with van der Waals surface area (Å²) in [7, 11) is 0. The van der Waals surface area contributed by atoms with Gasteiger partial charge in [-0.25, -0.2) is 0 Å². The molecule has 0 saturated carbocycles. The summed E-state index contributed by atoms with van der Waals surface area (Å²) in [5.74, 6) is 2.20. The van der Waals surface area contributed by atoms with Crippen LogP contribution in [0.4, 0.5) is 0 Å². The lowest BCUT2D eigenvalue weighted by Gasteiger charge is -2.04. The van der Waals surface area contributed by atoms with Crippen LogP contribution < -0.4 is 5.32 Å². The van der Waals surface area contributed by atoms with Gasteiger partial charge in [0.05, 0.1) is 0 Å². The normalized spacial score (nSPS) is 9.40. The van der Waals surface area contributed by atoms with Crippen LogP contribution in [0.3, 0.4) is 0 Å². The van der Waals surface area contributed by atoms with Crippen LogP contribution in [-0.4, -0.2) is 12.5 Å². The van der Waals surface area contributed by atoms with Crippen molar-refractivity contribution >= 4 is 29.1 Å². The number of hydrogen-bond acceptors (Lipinski definition) is 1. The molecule has 1 aromatic carbocycles. The molecule has 0 heterocycles. The first-order valence-electron chi connectivity index (χ1n) is 4.31. The molecule has 0 aliphatic rings. The SMILES string of the molecule is C#CCCNC(=O)c1cc(Cl)cc(Cl)c1. The molecule has 1 N–H and O–H groups in total. The quantitative estimate of drug-likeness (QED) is 0.640. The van der Waals surface area contributed by atoms with Crippen molar-refractivity contribution in [2.24, 2.45) is 0 Å². The van der Waals surface area contributed by atoms with Crippen LogP contribution in [0.2, 0.25) is 10.0 Å². The first kappa shape index (κ1) is 11.9. The molecule has 1 rings (SSSR count). The van der Waals surface area contributed by atoms with Crippen LogP contribution in [0.1, 0.15) is 16.8 Å². The summed E-state index contributed by atoms with van der Waals surface area (Å²) >= 11 is 11.5. The largest absolute Gasteiger partial charge is 0.351 e. The molecule has 0 spiro atoms. The van der Waals surface area contributed by atoms with E-state index >= 15 is 0 Å². The summed E-state index contributed by atoms with van der Waals surface area (Å²) in [6, 6.07) is 4.68. The number of terminal acetylenes is 1. The highest BCUT2D eigenvalue weighted by molar-refractivity contribution is 6.35. The Balaban J connectivity index is 2.70. The molecule has 1 aromatic rings. The van der Waals surface area contributed by atoms with E-state index in [0.717, 1.165) is 0 Å². The van der Waals surface area contributed by atoms with Crippen LogP contribution in [0.15, 0.2) is 18.2 Å². The Morgan fingerprint density at radius 3 is 2.47 bits per heavy atom. The number of carbonyl (C=O) groups is 1. The average Bonchev–Trinajstić information content (AvgIpc) is 2.16. The van der Waals surface area contributed by atoms with Crippen LogP contribution in [0.25, 0.3) is 0 Å². The minimum absolute atomic E-state index is 0.227. The van der Waals surface area contributed by atoms with Gasteiger partial charge in [0.2, 0.25) is 0 Å². The van der Waals surface area contributed by atoms with Crippen LogP contribution in [0.5, 0.6) is 0 Å². The molecule has 0 aliphatic carbocycles. The molecular weight excluding hydrogens is 233 g/mol. The molecule has 0 aliphatic heterocycles. The maximum absolute atomic E-state index is 11.5. The van der Waals surface area contributed by atoms with Gasteiger partial charge in [-0.05, 0) is 18.2 Å². The number of nitrogens with one attached hydrogen (secondary N) is 1. The fraction of sp³-hybridized carbons (Fsp3) is 0.182. The lowest BCUT2D eigenvalue weighted by molar-refractivity contribution is 0.0954. The number of hydrogen-bond donors (Lipinski definition) is 1. The topological polar surface area (TPSA) is 29.1 Å². The van der Waals surface area contributed by atoms with Crippen LogP contribution >= 0.6 is 23.2 Å². The van der Waals surface area contributed by atoms with E-state index in [1.54, 1.807) is 18.2 Å². The Labute approximate surface area is 98.6 Å². The monoisotopic (exact) mass is 241 g/mol. The molecule has 0 bridgehead atoms. The van der Waals surface area contributed by atoms with Crippen molar-refractivity contribution in [1.82, 2.24) is 5.32 Å². The second-order valence-corrected chi connectivity index (χ2v) is 3.74. The van der Waals surface area contributed by atoms with E-state index in [1.807, 2.05) is 0 Å². The summed E-state index contributed by atoms with van der Waals surface area (Å²) in [4.78, 5) is 11.5. The van der Waals surface area contributed by atoms with Crippen LogP contribution in [0, 0.1) is 12.3 Å². The van der Waals surface area contributed by atoms with E-state index in [-0.39, 0.29) is 5.91 Å². The van der Waals surface area contributed by atoms with Crippen molar-refractivity contribution in [1.29, 1.82) is 0 Å². The molecular formula is C11H9Cl2NO. The van der Waals surface area contributed by atoms with Gasteiger partial charge in [-0.15, -0.1) is 12.3 Å². The van der Waals surface area contributed by atoms with Gasteiger partial charge in [-0.2, -0.15) is 0 Å². The third-order valence-corrected chi connectivity index (χ3v) is 2.12. The predicted molar refractivity (Wildman–Crippen MR) is 62.2 cm³/mol. The fourth-order valence-corrected chi connectivity index (χ4v) is 1.56. The van der Waals surface area contributed by atoms with Gasteiger partial charge in [-0.3, -0.25) is 4.79 Å². The van der Waals surface area contributed by atoms with Crippen molar-refractivity contribution < 1.29 is 4.79 Å². The smallest absolute Gasteiger partial charge is 0.251 e. The van der Waals surface area contributed by atoms with E-state index in [1.165, 1.54) is 0 Å². The maximum atomic E-state index is 11.5. The third kappa shape index (κ3) is 3.83. The zero-order valence-electron chi connectivity index (χ0n) is 7.89. The van der Waals surface area contributed by atoms with Gasteiger partial charge in [0, 0.05) is 28.6 Å². The Bertz CT molecular complexity index is 389. The fourth-order valence-electron chi connectivity index (χ4n) is 1.04. The second kappa shape index (κ2) is 5.65. The second-order valence-electron chi connectivity index (χ2n) is 2.87. The van der Waals surface area contributed by atoms with Gasteiger partial charge >= 0.3 is 0 Å². The highest BCUT2D eigenvalue weighted by Crippen LogP contribution is 2.18. The lowest BCUT2D eigenvalue weighted by atomic mass is 10.2. The highest BCUT2D eigenvalue weighted by Gasteiger charge is 2.06. The molecule has 1 amide bonds. The van der Waals surface area contributed by atoms with Gasteiger partial charge in [0.15, 0.2) is 0 Å². The third-order valence-electron chi connectivity index (χ3n) is 1.68. The Morgan fingerprint density at radius 1 is 1.33 bits per heavy atom. The lowest BCUT2D eigenvalue weighted by Crippen LogP contribution is -2.24. The predicted octanol–water partition coefficient (Wildman–Crippen LogP) is 2.75. The van der Waals surface area contributed by atoms with Crippen molar-refractivity contribution in [3.8, 4) is 12.3 Å². The Morgan fingerprint density at radius 2 is 1.93 bits per heavy atom. The number of rotatable bonds is 3.